The van der Waals surface area contributed by atoms with Crippen molar-refractivity contribution in [3.05, 3.63) is 153 Å². The Morgan fingerprint density at radius 1 is 0.689 bits per heavy atom. The molecule has 9 heteroatoms. The van der Waals surface area contributed by atoms with E-state index in [1.807, 2.05) is 112 Å². The second kappa shape index (κ2) is 14.5. The monoisotopic (exact) mass is 766 g/mol. The first-order chi connectivity index (χ1) is 21.5. The van der Waals surface area contributed by atoms with E-state index in [2.05, 4.69) is 81.4 Å². The SMILES string of the molecule is C[n+]1[c-]n(-c2[c-]ccc3ccccc23)cc1.C[n+]1[c-]n(-c2[c-]ccc3ccccc23)cc1.Cc1n[n-]c(-c2ccccn2)n1.[Ir]. The van der Waals surface area contributed by atoms with E-state index in [1.54, 1.807) is 13.1 Å². The van der Waals surface area contributed by atoms with E-state index >= 15 is 0 Å². The fourth-order valence-electron chi connectivity index (χ4n) is 4.67. The van der Waals surface area contributed by atoms with Gasteiger partial charge in [-0.25, -0.2) is 0 Å². The number of benzene rings is 4. The van der Waals surface area contributed by atoms with E-state index < -0.39 is 0 Å². The Morgan fingerprint density at radius 3 is 1.67 bits per heavy atom. The van der Waals surface area contributed by atoms with Crippen LogP contribution in [0.1, 0.15) is 5.82 Å². The Kier molecular flexibility index (Phi) is 10.0. The van der Waals surface area contributed by atoms with Crippen LogP contribution < -0.4 is 14.2 Å². The molecule has 8 nitrogen and oxygen atoms in total. The first-order valence-corrected chi connectivity index (χ1v) is 14.0. The zero-order valence-electron chi connectivity index (χ0n) is 25.0. The Bertz CT molecular complexity index is 2000. The van der Waals surface area contributed by atoms with Crippen molar-refractivity contribution in [2.75, 3.05) is 0 Å². The van der Waals surface area contributed by atoms with Crippen LogP contribution in [0, 0.1) is 31.7 Å². The summed E-state index contributed by atoms with van der Waals surface area (Å²) in [6.45, 7) is 1.80. The summed E-state index contributed by atoms with van der Waals surface area (Å²) in [7, 11) is 3.92. The summed E-state index contributed by atoms with van der Waals surface area (Å²) < 4.78 is 7.72. The number of pyridine rings is 1. The van der Waals surface area contributed by atoms with Crippen molar-refractivity contribution in [2.45, 2.75) is 6.92 Å². The van der Waals surface area contributed by atoms with Crippen LogP contribution in [0.25, 0.3) is 44.4 Å². The van der Waals surface area contributed by atoms with Gasteiger partial charge in [-0.15, -0.1) is 33.7 Å². The van der Waals surface area contributed by atoms with Gasteiger partial charge in [-0.05, 0) is 24.9 Å². The largest absolute Gasteiger partial charge is 0.421 e. The molecule has 0 spiro atoms. The minimum atomic E-state index is 0. The third-order valence-corrected chi connectivity index (χ3v) is 6.74. The van der Waals surface area contributed by atoms with Gasteiger partial charge in [0.1, 0.15) is 0 Å². The zero-order chi connectivity index (χ0) is 30.3. The molecule has 0 atom stereocenters. The van der Waals surface area contributed by atoms with Crippen LogP contribution in [0.3, 0.4) is 0 Å². The molecule has 45 heavy (non-hydrogen) atoms. The topological polar surface area (TPSA) is 70.4 Å². The molecule has 0 aliphatic heterocycles. The van der Waals surface area contributed by atoms with E-state index in [1.165, 1.54) is 21.5 Å². The molecule has 0 bridgehead atoms. The van der Waals surface area contributed by atoms with Crippen molar-refractivity contribution in [2.24, 2.45) is 14.1 Å². The van der Waals surface area contributed by atoms with Crippen molar-refractivity contribution in [1.82, 2.24) is 29.3 Å². The molecule has 225 valence electrons. The van der Waals surface area contributed by atoms with Crippen LogP contribution in [0.2, 0.25) is 0 Å². The van der Waals surface area contributed by atoms with Crippen molar-refractivity contribution < 1.29 is 29.2 Å². The van der Waals surface area contributed by atoms with Crippen molar-refractivity contribution in [3.8, 4) is 22.9 Å². The van der Waals surface area contributed by atoms with Crippen LogP contribution in [0.5, 0.6) is 0 Å². The molecule has 0 unspecified atom stereocenters. The van der Waals surface area contributed by atoms with E-state index in [4.69, 9.17) is 0 Å². The van der Waals surface area contributed by atoms with Gasteiger partial charge >= 0.3 is 0 Å². The molecule has 4 aromatic heterocycles. The Hall–Kier alpha value is -5.24. The first kappa shape index (κ1) is 31.2. The second-order valence-electron chi connectivity index (χ2n) is 9.98. The van der Waals surface area contributed by atoms with Crippen molar-refractivity contribution in [3.63, 3.8) is 0 Å². The first-order valence-electron chi connectivity index (χ1n) is 14.0. The molecule has 0 fully saturated rings. The van der Waals surface area contributed by atoms with Gasteiger partial charge in [0.25, 0.3) is 0 Å². The summed E-state index contributed by atoms with van der Waals surface area (Å²) in [5.41, 5.74) is 2.84. The Morgan fingerprint density at radius 2 is 1.22 bits per heavy atom. The number of hydrogen-bond donors (Lipinski definition) is 0. The standard InChI is InChI=1S/2C14H11N2.C8H7N4.Ir/c2*1-15-9-10-16(11-15)14-8-4-6-12-5-2-3-7-13(12)14;1-6-10-8(12-11-6)7-4-2-3-5-9-7;/h2*2-7,9-10H,1H3;2-5H,1H3;/q3*-1;. The summed E-state index contributed by atoms with van der Waals surface area (Å²) in [4.78, 5) is 8.19. The van der Waals surface area contributed by atoms with Gasteiger partial charge in [0.15, 0.2) is 0 Å². The van der Waals surface area contributed by atoms with E-state index in [0.29, 0.717) is 11.6 Å². The summed E-state index contributed by atoms with van der Waals surface area (Å²) in [6.07, 6.45) is 16.0. The molecule has 4 heterocycles. The molecule has 0 saturated heterocycles. The molecular weight excluding hydrogens is 737 g/mol. The molecule has 0 aliphatic carbocycles. The summed E-state index contributed by atoms with van der Waals surface area (Å²) >= 11 is 0. The fraction of sp³-hybridized carbons (Fsp3) is 0.0833. The van der Waals surface area contributed by atoms with Gasteiger partial charge in [0, 0.05) is 56.9 Å². The number of aryl methyl sites for hydroxylation is 3. The van der Waals surface area contributed by atoms with Crippen LogP contribution in [-0.4, -0.2) is 24.2 Å². The van der Waals surface area contributed by atoms with Gasteiger partial charge in [-0.2, -0.15) is 36.4 Å². The number of fused-ring (bicyclic) bond motifs is 2. The maximum atomic E-state index is 4.10. The maximum Gasteiger partial charge on any atom is 0.241 e. The van der Waals surface area contributed by atoms with Gasteiger partial charge in [-0.1, -0.05) is 53.8 Å². The average Bonchev–Trinajstić information content (AvgIpc) is 3.83. The maximum absolute atomic E-state index is 4.10. The van der Waals surface area contributed by atoms with Gasteiger partial charge in [0.05, 0.1) is 19.8 Å². The van der Waals surface area contributed by atoms with Crippen LogP contribution in [0.15, 0.2) is 122 Å². The van der Waals surface area contributed by atoms with Crippen LogP contribution in [-0.2, 0) is 34.2 Å². The Balaban J connectivity index is 0.000000134. The average molecular weight is 766 g/mol. The van der Waals surface area contributed by atoms with Crippen molar-refractivity contribution in [1.29, 1.82) is 0 Å². The zero-order valence-corrected chi connectivity index (χ0v) is 27.4. The van der Waals surface area contributed by atoms with E-state index in [9.17, 15) is 0 Å². The molecule has 8 rings (SSSR count). The predicted molar refractivity (Wildman–Crippen MR) is 168 cm³/mol. The summed E-state index contributed by atoms with van der Waals surface area (Å²) in [6, 6.07) is 36.8. The molecule has 8 aromatic rings. The minimum Gasteiger partial charge on any atom is -0.421 e. The van der Waals surface area contributed by atoms with Gasteiger partial charge in [0.2, 0.25) is 12.7 Å². The van der Waals surface area contributed by atoms with Gasteiger partial charge in [-0.3, -0.25) is 10.1 Å². The number of nitrogens with zero attached hydrogens (tertiary/aromatic N) is 8. The number of hydrogen-bond acceptors (Lipinski definition) is 3. The smallest absolute Gasteiger partial charge is 0.241 e. The predicted octanol–water partition coefficient (Wildman–Crippen LogP) is 4.91. The third kappa shape index (κ3) is 7.47. The van der Waals surface area contributed by atoms with Gasteiger partial charge < -0.3 is 28.4 Å². The number of imidazole rings is 2. The molecular formula is C36H29IrN8-3. The quantitative estimate of drug-likeness (QED) is 0.190. The molecule has 0 N–H and O–H groups in total. The van der Waals surface area contributed by atoms with E-state index in [-0.39, 0.29) is 20.1 Å². The second-order valence-corrected chi connectivity index (χ2v) is 9.98. The summed E-state index contributed by atoms with van der Waals surface area (Å²) in [5, 5.41) is 12.5. The molecule has 4 aromatic carbocycles. The number of rotatable bonds is 3. The molecule has 0 saturated carbocycles. The molecule has 1 radical (unpaired) electrons. The third-order valence-electron chi connectivity index (χ3n) is 6.74. The van der Waals surface area contributed by atoms with Crippen LogP contribution >= 0.6 is 0 Å². The fourth-order valence-corrected chi connectivity index (χ4v) is 4.67. The summed E-state index contributed by atoms with van der Waals surface area (Å²) in [5.74, 6) is 1.27. The Labute approximate surface area is 275 Å². The minimum absolute atomic E-state index is 0. The molecule has 0 aliphatic rings. The van der Waals surface area contributed by atoms with Crippen LogP contribution in [0.4, 0.5) is 0 Å². The molecule has 0 amide bonds. The normalized spacial score (nSPS) is 10.4. The van der Waals surface area contributed by atoms with E-state index in [0.717, 1.165) is 17.1 Å². The van der Waals surface area contributed by atoms with Crippen molar-refractivity contribution >= 4 is 21.5 Å². The number of aromatic nitrogens is 8.